The smallest absolute Gasteiger partial charge is 0.0599 e. The summed E-state index contributed by atoms with van der Waals surface area (Å²) >= 11 is 0. The van der Waals surface area contributed by atoms with Gasteiger partial charge in [0.1, 0.15) is 0 Å². The molecule has 1 N–H and O–H groups in total. The van der Waals surface area contributed by atoms with Crippen molar-refractivity contribution in [1.82, 2.24) is 0 Å². The largest absolute Gasteiger partial charge is 0.393 e. The number of hydrogen-bond donors (Lipinski definition) is 1. The van der Waals surface area contributed by atoms with Crippen molar-refractivity contribution in [3.63, 3.8) is 0 Å². The molecule has 0 radical (unpaired) electrons. The molecular weight excluding hydrogens is 196 g/mol. The van der Waals surface area contributed by atoms with Crippen LogP contribution in [0.25, 0.3) is 0 Å². The third-order valence-electron chi connectivity index (χ3n) is 5.69. The number of aliphatic hydroxyl groups excluding tert-OH is 1. The summed E-state index contributed by atoms with van der Waals surface area (Å²) in [5.74, 6) is 4.16. The van der Waals surface area contributed by atoms with E-state index in [0.717, 1.165) is 17.8 Å². The molecule has 0 heterocycles. The van der Waals surface area contributed by atoms with Gasteiger partial charge in [-0.2, -0.15) is 0 Å². The monoisotopic (exact) mass is 222 g/mol. The zero-order valence-corrected chi connectivity index (χ0v) is 10.6. The van der Waals surface area contributed by atoms with E-state index in [1.165, 1.54) is 51.4 Å². The van der Waals surface area contributed by atoms with Crippen LogP contribution in [-0.4, -0.2) is 11.2 Å². The highest BCUT2D eigenvalue weighted by Crippen LogP contribution is 2.56. The van der Waals surface area contributed by atoms with E-state index in [-0.39, 0.29) is 6.10 Å². The van der Waals surface area contributed by atoms with Crippen molar-refractivity contribution in [3.05, 3.63) is 0 Å². The van der Waals surface area contributed by atoms with E-state index >= 15 is 0 Å². The molecule has 5 atom stereocenters. The fourth-order valence-corrected chi connectivity index (χ4v) is 4.58. The van der Waals surface area contributed by atoms with Crippen molar-refractivity contribution < 1.29 is 5.11 Å². The summed E-state index contributed by atoms with van der Waals surface area (Å²) in [6.45, 7) is 2.31. The molecule has 0 amide bonds. The Kier molecular flexibility index (Phi) is 2.99. The highest BCUT2D eigenvalue weighted by molar-refractivity contribution is 4.99. The Bertz CT molecular complexity index is 240. The van der Waals surface area contributed by atoms with Gasteiger partial charge in [0.05, 0.1) is 6.10 Å². The predicted octanol–water partition coefficient (Wildman–Crippen LogP) is 3.61. The fraction of sp³-hybridized carbons (Fsp3) is 1.00. The third-order valence-corrected chi connectivity index (χ3v) is 5.69. The second kappa shape index (κ2) is 4.33. The van der Waals surface area contributed by atoms with E-state index in [1.807, 2.05) is 0 Å². The zero-order valence-electron chi connectivity index (χ0n) is 10.6. The molecule has 3 aliphatic carbocycles. The average Bonchev–Trinajstić information content (AvgIpc) is 2.95. The molecule has 3 aliphatic rings. The lowest BCUT2D eigenvalue weighted by molar-refractivity contribution is 0.00169. The standard InChI is InChI=1S/C15H26O/c1-2-10-5-3-4-6-14(10)15(16)13-8-11-7-12(11)9-13/h10-16H,2-9H2,1H3. The maximum Gasteiger partial charge on any atom is 0.0599 e. The molecule has 0 spiro atoms. The summed E-state index contributed by atoms with van der Waals surface area (Å²) in [6.07, 6.45) is 10.9. The molecule has 1 nitrogen and oxygen atoms in total. The van der Waals surface area contributed by atoms with Gasteiger partial charge in [0.15, 0.2) is 0 Å². The first-order valence-electron chi connectivity index (χ1n) is 7.47. The molecule has 92 valence electrons. The minimum atomic E-state index is 0.0399. The molecule has 3 rings (SSSR count). The van der Waals surface area contributed by atoms with Gasteiger partial charge >= 0.3 is 0 Å². The molecule has 0 aromatic carbocycles. The lowest BCUT2D eigenvalue weighted by Crippen LogP contribution is -2.35. The molecule has 0 aliphatic heterocycles. The lowest BCUT2D eigenvalue weighted by Gasteiger charge is -2.37. The maximum atomic E-state index is 10.6. The summed E-state index contributed by atoms with van der Waals surface area (Å²) in [5.41, 5.74) is 0. The summed E-state index contributed by atoms with van der Waals surface area (Å²) in [6, 6.07) is 0. The van der Waals surface area contributed by atoms with Gasteiger partial charge < -0.3 is 5.11 Å². The highest BCUT2D eigenvalue weighted by Gasteiger charge is 2.49. The normalized spacial score (nSPS) is 48.8. The minimum absolute atomic E-state index is 0.0399. The Morgan fingerprint density at radius 1 is 1.06 bits per heavy atom. The van der Waals surface area contributed by atoms with Crippen LogP contribution >= 0.6 is 0 Å². The van der Waals surface area contributed by atoms with E-state index in [2.05, 4.69) is 6.92 Å². The molecule has 5 unspecified atom stereocenters. The van der Waals surface area contributed by atoms with Crippen molar-refractivity contribution in [2.45, 2.75) is 64.4 Å². The van der Waals surface area contributed by atoms with Crippen molar-refractivity contribution in [2.75, 3.05) is 0 Å². The Balaban J connectivity index is 1.61. The maximum absolute atomic E-state index is 10.6. The summed E-state index contributed by atoms with van der Waals surface area (Å²) < 4.78 is 0. The average molecular weight is 222 g/mol. The van der Waals surface area contributed by atoms with Gasteiger partial charge in [-0.15, -0.1) is 0 Å². The second-order valence-electron chi connectivity index (χ2n) is 6.59. The van der Waals surface area contributed by atoms with Gasteiger partial charge in [0, 0.05) is 0 Å². The molecular formula is C15H26O. The van der Waals surface area contributed by atoms with Crippen LogP contribution in [-0.2, 0) is 0 Å². The molecule has 0 aromatic rings. The molecule has 16 heavy (non-hydrogen) atoms. The SMILES string of the molecule is CCC1CCCCC1C(O)C1CC2CC2C1. The molecule has 1 heteroatoms. The van der Waals surface area contributed by atoms with Gasteiger partial charge in [-0.3, -0.25) is 0 Å². The lowest BCUT2D eigenvalue weighted by atomic mass is 9.71. The zero-order chi connectivity index (χ0) is 11.1. The van der Waals surface area contributed by atoms with Gasteiger partial charge in [-0.25, -0.2) is 0 Å². The highest BCUT2D eigenvalue weighted by atomic mass is 16.3. The first-order valence-corrected chi connectivity index (χ1v) is 7.47. The summed E-state index contributed by atoms with van der Waals surface area (Å²) in [5, 5.41) is 10.6. The van der Waals surface area contributed by atoms with Crippen LogP contribution in [0, 0.1) is 29.6 Å². The Hall–Kier alpha value is -0.0400. The van der Waals surface area contributed by atoms with Crippen LogP contribution in [0.2, 0.25) is 0 Å². The Morgan fingerprint density at radius 3 is 2.44 bits per heavy atom. The van der Waals surface area contributed by atoms with Crippen LogP contribution in [0.3, 0.4) is 0 Å². The molecule has 0 aromatic heterocycles. The van der Waals surface area contributed by atoms with Crippen molar-refractivity contribution in [2.24, 2.45) is 29.6 Å². The van der Waals surface area contributed by atoms with Crippen LogP contribution in [0.1, 0.15) is 58.3 Å². The van der Waals surface area contributed by atoms with Crippen molar-refractivity contribution >= 4 is 0 Å². The van der Waals surface area contributed by atoms with Gasteiger partial charge in [0.25, 0.3) is 0 Å². The van der Waals surface area contributed by atoms with Gasteiger partial charge in [-0.1, -0.05) is 32.6 Å². The summed E-state index contributed by atoms with van der Waals surface area (Å²) in [7, 11) is 0. The van der Waals surface area contributed by atoms with Crippen LogP contribution < -0.4 is 0 Å². The second-order valence-corrected chi connectivity index (χ2v) is 6.59. The van der Waals surface area contributed by atoms with E-state index in [0.29, 0.717) is 11.8 Å². The molecule has 0 saturated heterocycles. The van der Waals surface area contributed by atoms with Gasteiger partial charge in [0.2, 0.25) is 0 Å². The van der Waals surface area contributed by atoms with Crippen molar-refractivity contribution in [3.8, 4) is 0 Å². The van der Waals surface area contributed by atoms with E-state index in [1.54, 1.807) is 0 Å². The van der Waals surface area contributed by atoms with Crippen molar-refractivity contribution in [1.29, 1.82) is 0 Å². The summed E-state index contributed by atoms with van der Waals surface area (Å²) in [4.78, 5) is 0. The number of aliphatic hydroxyl groups is 1. The number of rotatable bonds is 3. The Labute approximate surface area is 99.6 Å². The first-order chi connectivity index (χ1) is 7.79. The van der Waals surface area contributed by atoms with Crippen LogP contribution in [0.15, 0.2) is 0 Å². The molecule has 0 bridgehead atoms. The van der Waals surface area contributed by atoms with E-state index in [4.69, 9.17) is 0 Å². The van der Waals surface area contributed by atoms with Crippen LogP contribution in [0.4, 0.5) is 0 Å². The number of hydrogen-bond acceptors (Lipinski definition) is 1. The Morgan fingerprint density at radius 2 is 1.75 bits per heavy atom. The van der Waals surface area contributed by atoms with E-state index in [9.17, 15) is 5.11 Å². The van der Waals surface area contributed by atoms with Crippen LogP contribution in [0.5, 0.6) is 0 Å². The minimum Gasteiger partial charge on any atom is -0.393 e. The van der Waals surface area contributed by atoms with E-state index < -0.39 is 0 Å². The third kappa shape index (κ3) is 1.92. The van der Waals surface area contributed by atoms with Gasteiger partial charge in [-0.05, 0) is 55.3 Å². The quantitative estimate of drug-likeness (QED) is 0.773. The topological polar surface area (TPSA) is 20.2 Å². The first kappa shape index (κ1) is 11.1. The molecule has 3 fully saturated rings. The molecule has 3 saturated carbocycles. The number of fused-ring (bicyclic) bond motifs is 1. The predicted molar refractivity (Wildman–Crippen MR) is 66.1 cm³/mol. The fourth-order valence-electron chi connectivity index (χ4n) is 4.58.